The van der Waals surface area contributed by atoms with E-state index in [0.717, 1.165) is 17.1 Å². The summed E-state index contributed by atoms with van der Waals surface area (Å²) in [6, 6.07) is 7.99. The molecule has 0 bridgehead atoms. The molecule has 0 saturated carbocycles. The van der Waals surface area contributed by atoms with Crippen molar-refractivity contribution in [2.75, 3.05) is 0 Å². The normalized spacial score (nSPS) is 11.8. The second-order valence-electron chi connectivity index (χ2n) is 3.81. The fraction of sp³-hybridized carbons (Fsp3) is 0.200. The predicted octanol–water partition coefficient (Wildman–Crippen LogP) is 4.41. The first-order chi connectivity index (χ1) is 7.61. The van der Waals surface area contributed by atoms with E-state index in [1.807, 2.05) is 63.3 Å². The maximum absolute atomic E-state index is 5.76. The van der Waals surface area contributed by atoms with Gasteiger partial charge >= 0.3 is 0 Å². The number of benzene rings is 1. The molecule has 1 aromatic carbocycles. The minimum absolute atomic E-state index is 0.806. The molecule has 0 aliphatic carbocycles. The van der Waals surface area contributed by atoms with Crippen molar-refractivity contribution in [1.82, 2.24) is 0 Å². The molecule has 1 aromatic rings. The van der Waals surface area contributed by atoms with Gasteiger partial charge in [0, 0.05) is 0 Å². The summed E-state index contributed by atoms with van der Waals surface area (Å²) in [5.41, 5.74) is 2.16. The van der Waals surface area contributed by atoms with Gasteiger partial charge in [0.05, 0.1) is 0 Å². The van der Waals surface area contributed by atoms with Crippen molar-refractivity contribution < 1.29 is 4.74 Å². The molecule has 0 atom stereocenters. The maximum atomic E-state index is 5.76. The van der Waals surface area contributed by atoms with Crippen LogP contribution >= 0.6 is 0 Å². The van der Waals surface area contributed by atoms with Crippen LogP contribution in [0, 0.1) is 6.92 Å². The van der Waals surface area contributed by atoms with Crippen LogP contribution in [0.5, 0.6) is 5.75 Å². The highest BCUT2D eigenvalue weighted by atomic mass is 16.5. The zero-order valence-corrected chi connectivity index (χ0v) is 10.2. The van der Waals surface area contributed by atoms with Gasteiger partial charge in [-0.3, -0.25) is 0 Å². The summed E-state index contributed by atoms with van der Waals surface area (Å²) in [5, 5.41) is 0. The summed E-state index contributed by atoms with van der Waals surface area (Å²) in [6.45, 7) is 9.80. The first-order valence-corrected chi connectivity index (χ1v) is 5.36. The fourth-order valence-corrected chi connectivity index (χ4v) is 1.33. The second kappa shape index (κ2) is 5.96. The van der Waals surface area contributed by atoms with E-state index in [9.17, 15) is 0 Å². The topological polar surface area (TPSA) is 9.23 Å². The van der Waals surface area contributed by atoms with Gasteiger partial charge in [0.2, 0.25) is 0 Å². The van der Waals surface area contributed by atoms with Crippen LogP contribution in [-0.2, 0) is 0 Å². The van der Waals surface area contributed by atoms with Gasteiger partial charge in [0.1, 0.15) is 11.5 Å². The van der Waals surface area contributed by atoms with E-state index in [4.69, 9.17) is 4.74 Å². The Morgan fingerprint density at radius 1 is 1.38 bits per heavy atom. The molecule has 0 heterocycles. The van der Waals surface area contributed by atoms with Crippen LogP contribution in [0.3, 0.4) is 0 Å². The van der Waals surface area contributed by atoms with Crippen molar-refractivity contribution in [2.45, 2.75) is 20.8 Å². The first kappa shape index (κ1) is 12.3. The average Bonchev–Trinajstić information content (AvgIpc) is 2.16. The van der Waals surface area contributed by atoms with Crippen LogP contribution in [0.4, 0.5) is 0 Å². The predicted molar refractivity (Wildman–Crippen MR) is 69.5 cm³/mol. The lowest BCUT2D eigenvalue weighted by Crippen LogP contribution is -1.92. The molecule has 0 aromatic heterocycles. The number of aryl methyl sites for hydroxylation is 1. The summed E-state index contributed by atoms with van der Waals surface area (Å²) in [6.07, 6.45) is 5.80. The van der Waals surface area contributed by atoms with Gasteiger partial charge in [-0.2, -0.15) is 0 Å². The molecule has 0 N–H and O–H groups in total. The average molecular weight is 214 g/mol. The summed E-state index contributed by atoms with van der Waals surface area (Å²) in [5.74, 6) is 1.66. The Balaban J connectivity index is 2.88. The van der Waals surface area contributed by atoms with E-state index < -0.39 is 0 Å². The van der Waals surface area contributed by atoms with Gasteiger partial charge in [0.25, 0.3) is 0 Å². The highest BCUT2D eigenvalue weighted by Gasteiger charge is 1.97. The van der Waals surface area contributed by atoms with Crippen LogP contribution in [0.25, 0.3) is 0 Å². The molecule has 0 radical (unpaired) electrons. The Morgan fingerprint density at radius 3 is 2.69 bits per heavy atom. The first-order valence-electron chi connectivity index (χ1n) is 5.36. The largest absolute Gasteiger partial charge is 0.457 e. The smallest absolute Gasteiger partial charge is 0.127 e. The van der Waals surface area contributed by atoms with E-state index in [-0.39, 0.29) is 0 Å². The number of rotatable bonds is 4. The second-order valence-corrected chi connectivity index (χ2v) is 3.81. The lowest BCUT2D eigenvalue weighted by molar-refractivity contribution is 0.443. The van der Waals surface area contributed by atoms with Crippen molar-refractivity contribution in [3.8, 4) is 5.75 Å². The molecule has 0 fully saturated rings. The number of hydrogen-bond donors (Lipinski definition) is 0. The van der Waals surface area contributed by atoms with Gasteiger partial charge < -0.3 is 4.74 Å². The summed E-state index contributed by atoms with van der Waals surface area (Å²) in [7, 11) is 0. The molecule has 0 amide bonds. The summed E-state index contributed by atoms with van der Waals surface area (Å²) in [4.78, 5) is 0. The minimum Gasteiger partial charge on any atom is -0.457 e. The number of allylic oxidation sites excluding steroid dienone is 4. The quantitative estimate of drug-likeness (QED) is 0.533. The highest BCUT2D eigenvalue weighted by Crippen LogP contribution is 2.17. The Morgan fingerprint density at radius 2 is 2.12 bits per heavy atom. The fourth-order valence-electron chi connectivity index (χ4n) is 1.33. The molecule has 0 saturated heterocycles. The van der Waals surface area contributed by atoms with Crippen molar-refractivity contribution in [3.63, 3.8) is 0 Å². The van der Waals surface area contributed by atoms with E-state index >= 15 is 0 Å². The lowest BCUT2D eigenvalue weighted by Gasteiger charge is -2.07. The molecule has 1 heteroatoms. The van der Waals surface area contributed by atoms with Gasteiger partial charge in [-0.05, 0) is 50.6 Å². The van der Waals surface area contributed by atoms with Gasteiger partial charge in [-0.15, -0.1) is 0 Å². The van der Waals surface area contributed by atoms with Gasteiger partial charge in [-0.1, -0.05) is 30.4 Å². The van der Waals surface area contributed by atoms with E-state index in [2.05, 4.69) is 6.58 Å². The Kier molecular flexibility index (Phi) is 4.59. The standard InChI is InChI=1S/C15H18O/c1-5-7-14(10-12(2)3)16-15-9-6-8-13(4)11-15/h5-11H,2H2,1,3-4H3/b7-5-,14-10+. The maximum Gasteiger partial charge on any atom is 0.127 e. The molecule has 0 unspecified atom stereocenters. The number of ether oxygens (including phenoxy) is 1. The summed E-state index contributed by atoms with van der Waals surface area (Å²) >= 11 is 0. The molecule has 16 heavy (non-hydrogen) atoms. The van der Waals surface area contributed by atoms with Crippen LogP contribution < -0.4 is 4.74 Å². The molecule has 0 aliphatic rings. The van der Waals surface area contributed by atoms with E-state index in [0.29, 0.717) is 0 Å². The zero-order valence-electron chi connectivity index (χ0n) is 10.2. The molecular weight excluding hydrogens is 196 g/mol. The third kappa shape index (κ3) is 4.18. The Labute approximate surface area is 97.8 Å². The van der Waals surface area contributed by atoms with E-state index in [1.54, 1.807) is 0 Å². The molecule has 84 valence electrons. The van der Waals surface area contributed by atoms with Gasteiger partial charge in [-0.25, -0.2) is 0 Å². The van der Waals surface area contributed by atoms with Crippen LogP contribution in [-0.4, -0.2) is 0 Å². The van der Waals surface area contributed by atoms with Gasteiger partial charge in [0.15, 0.2) is 0 Å². The van der Waals surface area contributed by atoms with Crippen LogP contribution in [0.2, 0.25) is 0 Å². The highest BCUT2D eigenvalue weighted by molar-refractivity contribution is 5.32. The van der Waals surface area contributed by atoms with Crippen LogP contribution in [0.1, 0.15) is 19.4 Å². The molecule has 0 aliphatic heterocycles. The third-order valence-electron chi connectivity index (χ3n) is 1.94. The van der Waals surface area contributed by atoms with Crippen LogP contribution in [0.15, 0.2) is 60.4 Å². The van der Waals surface area contributed by atoms with Crippen molar-refractivity contribution in [1.29, 1.82) is 0 Å². The van der Waals surface area contributed by atoms with E-state index in [1.165, 1.54) is 5.56 Å². The molecular formula is C15H18O. The van der Waals surface area contributed by atoms with Crippen molar-refractivity contribution in [2.24, 2.45) is 0 Å². The molecule has 1 nitrogen and oxygen atoms in total. The molecule has 0 spiro atoms. The monoisotopic (exact) mass is 214 g/mol. The number of hydrogen-bond acceptors (Lipinski definition) is 1. The minimum atomic E-state index is 0.806. The Bertz CT molecular complexity index is 425. The zero-order chi connectivity index (χ0) is 12.0. The van der Waals surface area contributed by atoms with Crippen molar-refractivity contribution >= 4 is 0 Å². The lowest BCUT2D eigenvalue weighted by atomic mass is 10.2. The summed E-state index contributed by atoms with van der Waals surface area (Å²) < 4.78 is 5.76. The Hall–Kier alpha value is -1.76. The molecule has 1 rings (SSSR count). The third-order valence-corrected chi connectivity index (χ3v) is 1.94. The van der Waals surface area contributed by atoms with Crippen molar-refractivity contribution in [3.05, 3.63) is 66.0 Å². The SMILES string of the molecule is C=C(C)/C=C(\C=C/C)Oc1cccc(C)c1.